The van der Waals surface area contributed by atoms with Crippen LogP contribution in [0.2, 0.25) is 0 Å². The summed E-state index contributed by atoms with van der Waals surface area (Å²) < 4.78 is 33.3. The summed E-state index contributed by atoms with van der Waals surface area (Å²) in [4.78, 5) is 40.7. The summed E-state index contributed by atoms with van der Waals surface area (Å²) in [6.07, 6.45) is 0. The molecule has 0 N–H and O–H groups in total. The molecule has 3 aromatic rings. The number of hydrogen-bond donors (Lipinski definition) is 0. The van der Waals surface area contributed by atoms with E-state index in [2.05, 4.69) is 0 Å². The Balaban J connectivity index is 2.04. The molecule has 1 heterocycles. The minimum Gasteiger partial charge on any atom is -0.464 e. The van der Waals surface area contributed by atoms with Gasteiger partial charge < -0.3 is 14.2 Å². The predicted octanol–water partition coefficient (Wildman–Crippen LogP) is 4.62. The average Bonchev–Trinajstić information content (AvgIpc) is 3.05. The molecule has 8 heteroatoms. The molecule has 0 spiro atoms. The first-order chi connectivity index (χ1) is 16.1. The first-order valence-electron chi connectivity index (χ1n) is 10.7. The standard InChI is InChI=1S/C26H26F2N2O4/c1-15-22(16(2)29(4)23(15)26(33)34-5)24(31)17(3)30(14-18-6-10-20(27)11-7-18)25(32)19-8-12-21(28)13-9-19/h6-13,17H,14H2,1-5H3/t17-/m1/s1. The summed E-state index contributed by atoms with van der Waals surface area (Å²) in [5.41, 5.74) is 2.43. The van der Waals surface area contributed by atoms with Crippen LogP contribution < -0.4 is 0 Å². The van der Waals surface area contributed by atoms with E-state index in [0.717, 1.165) is 0 Å². The number of esters is 1. The molecule has 178 valence electrons. The molecule has 6 nitrogen and oxygen atoms in total. The van der Waals surface area contributed by atoms with Crippen LogP contribution in [-0.4, -0.2) is 40.3 Å². The van der Waals surface area contributed by atoms with Gasteiger partial charge >= 0.3 is 5.97 Å². The van der Waals surface area contributed by atoms with Gasteiger partial charge in [0.1, 0.15) is 17.3 Å². The van der Waals surface area contributed by atoms with Crippen molar-refractivity contribution in [3.05, 3.63) is 93.8 Å². The topological polar surface area (TPSA) is 68.6 Å². The highest BCUT2D eigenvalue weighted by Gasteiger charge is 2.33. The van der Waals surface area contributed by atoms with Crippen LogP contribution in [-0.2, 0) is 18.3 Å². The number of methoxy groups -OCH3 is 1. The van der Waals surface area contributed by atoms with Gasteiger partial charge in [0.05, 0.1) is 13.2 Å². The van der Waals surface area contributed by atoms with E-state index in [9.17, 15) is 23.2 Å². The molecule has 0 saturated heterocycles. The van der Waals surface area contributed by atoms with Gasteiger partial charge in [0.25, 0.3) is 5.91 Å². The van der Waals surface area contributed by atoms with Crippen LogP contribution >= 0.6 is 0 Å². The third kappa shape index (κ3) is 4.76. The van der Waals surface area contributed by atoms with Gasteiger partial charge in [-0.3, -0.25) is 9.59 Å². The van der Waals surface area contributed by atoms with Crippen molar-refractivity contribution in [2.45, 2.75) is 33.4 Å². The minimum absolute atomic E-state index is 0.0260. The van der Waals surface area contributed by atoms with Gasteiger partial charge in [0.15, 0.2) is 5.78 Å². The number of halogens is 2. The Labute approximate surface area is 196 Å². The van der Waals surface area contributed by atoms with Crippen molar-refractivity contribution in [1.82, 2.24) is 9.47 Å². The Kier molecular flexibility index (Phi) is 7.29. The van der Waals surface area contributed by atoms with E-state index in [1.54, 1.807) is 32.4 Å². The van der Waals surface area contributed by atoms with Crippen LogP contribution in [0.5, 0.6) is 0 Å². The van der Waals surface area contributed by atoms with Crippen molar-refractivity contribution >= 4 is 17.7 Å². The molecule has 2 aromatic carbocycles. The second-order valence-corrected chi connectivity index (χ2v) is 8.09. The molecule has 1 atom stereocenters. The summed E-state index contributed by atoms with van der Waals surface area (Å²) in [5, 5.41) is 0. The Morgan fingerprint density at radius 1 is 0.971 bits per heavy atom. The van der Waals surface area contributed by atoms with E-state index in [1.807, 2.05) is 0 Å². The third-order valence-corrected chi connectivity index (χ3v) is 6.02. The van der Waals surface area contributed by atoms with Crippen molar-refractivity contribution in [2.75, 3.05) is 7.11 Å². The highest BCUT2D eigenvalue weighted by atomic mass is 19.1. The average molecular weight is 469 g/mol. The van der Waals surface area contributed by atoms with Crippen molar-refractivity contribution in [1.29, 1.82) is 0 Å². The minimum atomic E-state index is -0.937. The van der Waals surface area contributed by atoms with E-state index in [0.29, 0.717) is 22.4 Å². The number of carbonyl (C=O) groups is 3. The van der Waals surface area contributed by atoms with Gasteiger partial charge in [-0.15, -0.1) is 0 Å². The lowest BCUT2D eigenvalue weighted by Gasteiger charge is -2.29. The van der Waals surface area contributed by atoms with Crippen molar-refractivity contribution < 1.29 is 27.9 Å². The van der Waals surface area contributed by atoms with E-state index in [1.165, 1.54) is 60.5 Å². The first-order valence-corrected chi connectivity index (χ1v) is 10.7. The lowest BCUT2D eigenvalue weighted by atomic mass is 9.98. The molecule has 0 aliphatic heterocycles. The summed E-state index contributed by atoms with van der Waals surface area (Å²) in [7, 11) is 2.93. The predicted molar refractivity (Wildman–Crippen MR) is 123 cm³/mol. The van der Waals surface area contributed by atoms with Crippen LogP contribution in [0.3, 0.4) is 0 Å². The van der Waals surface area contributed by atoms with Crippen molar-refractivity contribution in [3.8, 4) is 0 Å². The number of rotatable bonds is 7. The van der Waals surface area contributed by atoms with E-state index >= 15 is 0 Å². The third-order valence-electron chi connectivity index (χ3n) is 6.02. The number of aromatic nitrogens is 1. The van der Waals surface area contributed by atoms with Gasteiger partial charge in [-0.2, -0.15) is 0 Å². The van der Waals surface area contributed by atoms with Crippen LogP contribution in [0.4, 0.5) is 8.78 Å². The first kappa shape index (κ1) is 24.8. The maximum absolute atomic E-state index is 13.7. The molecular weight excluding hydrogens is 442 g/mol. The Morgan fingerprint density at radius 3 is 2.03 bits per heavy atom. The van der Waals surface area contributed by atoms with Gasteiger partial charge in [-0.05, 0) is 68.3 Å². The summed E-state index contributed by atoms with van der Waals surface area (Å²) in [6, 6.07) is 9.72. The largest absolute Gasteiger partial charge is 0.464 e. The maximum Gasteiger partial charge on any atom is 0.354 e. The summed E-state index contributed by atoms with van der Waals surface area (Å²) in [6.45, 7) is 4.99. The van der Waals surface area contributed by atoms with Gasteiger partial charge in [0.2, 0.25) is 0 Å². The zero-order chi connectivity index (χ0) is 25.2. The molecule has 34 heavy (non-hydrogen) atoms. The highest BCUT2D eigenvalue weighted by Crippen LogP contribution is 2.26. The fraction of sp³-hybridized carbons (Fsp3) is 0.269. The monoisotopic (exact) mass is 468 g/mol. The fourth-order valence-corrected chi connectivity index (χ4v) is 4.01. The van der Waals surface area contributed by atoms with E-state index in [-0.39, 0.29) is 23.6 Å². The molecule has 0 aliphatic rings. The number of ether oxygens (including phenoxy) is 1. The molecular formula is C26H26F2N2O4. The molecule has 0 saturated carbocycles. The number of nitrogens with zero attached hydrogens (tertiary/aromatic N) is 2. The van der Waals surface area contributed by atoms with Crippen LogP contribution in [0.15, 0.2) is 48.5 Å². The Bertz CT molecular complexity index is 1230. The molecule has 0 unspecified atom stereocenters. The highest BCUT2D eigenvalue weighted by molar-refractivity contribution is 6.07. The van der Waals surface area contributed by atoms with Crippen molar-refractivity contribution in [3.63, 3.8) is 0 Å². The molecule has 1 aromatic heterocycles. The quantitative estimate of drug-likeness (QED) is 0.375. The second-order valence-electron chi connectivity index (χ2n) is 8.09. The molecule has 0 aliphatic carbocycles. The molecule has 3 rings (SSSR count). The number of benzene rings is 2. The zero-order valence-corrected chi connectivity index (χ0v) is 19.7. The molecule has 0 radical (unpaired) electrons. The SMILES string of the molecule is COC(=O)c1c(C)c(C(=O)[C@@H](C)N(Cc2ccc(F)cc2)C(=O)c2ccc(F)cc2)c(C)n1C. The van der Waals surface area contributed by atoms with E-state index < -0.39 is 29.6 Å². The van der Waals surface area contributed by atoms with Crippen LogP contribution in [0, 0.1) is 25.5 Å². The van der Waals surface area contributed by atoms with Gasteiger partial charge in [0, 0.05) is 30.4 Å². The van der Waals surface area contributed by atoms with Crippen LogP contribution in [0.25, 0.3) is 0 Å². The fourth-order valence-electron chi connectivity index (χ4n) is 4.01. The number of ketones is 1. The number of carbonyl (C=O) groups excluding carboxylic acids is 3. The summed E-state index contributed by atoms with van der Waals surface area (Å²) in [5.74, 6) is -2.32. The lowest BCUT2D eigenvalue weighted by molar-refractivity contribution is 0.0587. The molecule has 0 fully saturated rings. The molecule has 1 amide bonds. The zero-order valence-electron chi connectivity index (χ0n) is 19.7. The molecule has 0 bridgehead atoms. The number of amides is 1. The Morgan fingerprint density at radius 2 is 1.50 bits per heavy atom. The second kappa shape index (κ2) is 9.99. The summed E-state index contributed by atoms with van der Waals surface area (Å²) >= 11 is 0. The number of Topliss-reactive ketones (excluding diaryl/α,β-unsaturated/α-hetero) is 1. The van der Waals surface area contributed by atoms with Gasteiger partial charge in [-0.1, -0.05) is 12.1 Å². The van der Waals surface area contributed by atoms with Gasteiger partial charge in [-0.25, -0.2) is 13.6 Å². The maximum atomic E-state index is 13.7. The van der Waals surface area contributed by atoms with Crippen LogP contribution in [0.1, 0.15) is 54.9 Å². The smallest absolute Gasteiger partial charge is 0.354 e. The Hall–Kier alpha value is -3.81. The van der Waals surface area contributed by atoms with Crippen molar-refractivity contribution in [2.24, 2.45) is 7.05 Å². The number of hydrogen-bond acceptors (Lipinski definition) is 4. The normalized spacial score (nSPS) is 11.7. The lowest BCUT2D eigenvalue weighted by Crippen LogP contribution is -2.43. The van der Waals surface area contributed by atoms with E-state index in [4.69, 9.17) is 4.74 Å².